The van der Waals surface area contributed by atoms with Gasteiger partial charge < -0.3 is 20.3 Å². The predicted octanol–water partition coefficient (Wildman–Crippen LogP) is 0.342. The van der Waals surface area contributed by atoms with E-state index >= 15 is 0 Å². The van der Waals surface area contributed by atoms with Crippen LogP contribution in [0.25, 0.3) is 0 Å². The molecule has 1 aromatic rings. The maximum atomic E-state index is 11.9. The number of carboxylic acids is 1. The number of rotatable bonds is 6. The van der Waals surface area contributed by atoms with Crippen LogP contribution in [0, 0.1) is 0 Å². The van der Waals surface area contributed by atoms with Gasteiger partial charge in [0.2, 0.25) is 5.88 Å². The third kappa shape index (κ3) is 4.32. The zero-order chi connectivity index (χ0) is 14.4. The molecule has 1 aromatic carbocycles. The summed E-state index contributed by atoms with van der Waals surface area (Å²) < 4.78 is 33.0. The third-order valence-corrected chi connectivity index (χ3v) is 1.87. The molecule has 0 fully saturated rings. The number of nitrogens with two attached hydrogens (primary N) is 2. The fourth-order valence-electron chi connectivity index (χ4n) is 1.07. The van der Waals surface area contributed by atoms with Crippen LogP contribution in [-0.4, -0.2) is 17.7 Å². The van der Waals surface area contributed by atoms with Crippen LogP contribution >= 0.6 is 0 Å². The molecule has 104 valence electrons. The summed E-state index contributed by atoms with van der Waals surface area (Å²) in [5.41, 5.74) is 6.55. The lowest BCUT2D eigenvalue weighted by Gasteiger charge is -2.11. The minimum atomic E-state index is -2.93. The van der Waals surface area contributed by atoms with Crippen molar-refractivity contribution in [3.63, 3.8) is 0 Å². The maximum absolute atomic E-state index is 11.9. The van der Waals surface area contributed by atoms with E-state index in [0.717, 1.165) is 0 Å². The number of alkyl halides is 2. The Morgan fingerprint density at radius 2 is 1.79 bits per heavy atom. The second kappa shape index (κ2) is 6.40. The molecule has 0 heterocycles. The number of carbonyl (C=O) groups is 1. The Bertz CT molecular complexity index is 476. The van der Waals surface area contributed by atoms with Gasteiger partial charge >= 0.3 is 12.6 Å². The van der Waals surface area contributed by atoms with Crippen LogP contribution in [0.1, 0.15) is 0 Å². The van der Waals surface area contributed by atoms with Gasteiger partial charge in [-0.1, -0.05) is 0 Å². The van der Waals surface area contributed by atoms with Gasteiger partial charge in [0.25, 0.3) is 0 Å². The van der Waals surface area contributed by atoms with Gasteiger partial charge in [-0.3, -0.25) is 5.43 Å². The first-order valence-electron chi connectivity index (χ1n) is 4.86. The van der Waals surface area contributed by atoms with Gasteiger partial charge in [0, 0.05) is 0 Å². The Kier molecular flexibility index (Phi) is 4.89. The van der Waals surface area contributed by atoms with E-state index in [-0.39, 0.29) is 17.4 Å². The lowest BCUT2D eigenvalue weighted by molar-refractivity contribution is -0.132. The van der Waals surface area contributed by atoms with Crippen molar-refractivity contribution < 1.29 is 28.2 Å². The fourth-order valence-corrected chi connectivity index (χ4v) is 1.07. The Hall–Kier alpha value is -2.55. The average Bonchev–Trinajstić information content (AvgIpc) is 2.36. The molecule has 0 radical (unpaired) electrons. The summed E-state index contributed by atoms with van der Waals surface area (Å²) in [6.45, 7) is -2.93. The number of aliphatic carboxylic acids is 1. The highest BCUT2D eigenvalue weighted by Gasteiger charge is 2.12. The fraction of sp³-hybridized carbons (Fsp3) is 0.100. The minimum Gasteiger partial charge on any atom is -0.476 e. The van der Waals surface area contributed by atoms with E-state index in [1.165, 1.54) is 24.3 Å². The van der Waals surface area contributed by atoms with Gasteiger partial charge in [0.1, 0.15) is 11.5 Å². The number of benzene rings is 1. The molecule has 1 rings (SSSR count). The predicted molar refractivity (Wildman–Crippen MR) is 59.9 cm³/mol. The van der Waals surface area contributed by atoms with Crippen LogP contribution in [-0.2, 0) is 4.79 Å². The molecule has 0 unspecified atom stereocenters. The molecule has 19 heavy (non-hydrogen) atoms. The van der Waals surface area contributed by atoms with Crippen molar-refractivity contribution in [1.29, 1.82) is 0 Å². The Morgan fingerprint density at radius 3 is 2.21 bits per heavy atom. The first kappa shape index (κ1) is 14.5. The van der Waals surface area contributed by atoms with Crippen molar-refractivity contribution in [2.75, 3.05) is 0 Å². The summed E-state index contributed by atoms with van der Waals surface area (Å²) in [6, 6.07) is 4.99. The number of hydrogen-bond acceptors (Lipinski definition) is 6. The molecule has 0 amide bonds. The van der Waals surface area contributed by atoms with Crippen LogP contribution in [0.3, 0.4) is 0 Å². The first-order chi connectivity index (χ1) is 8.93. The molecular formula is C10H11F2N3O4. The summed E-state index contributed by atoms with van der Waals surface area (Å²) in [5.74, 6) is 3.32. The van der Waals surface area contributed by atoms with Gasteiger partial charge in [-0.2, -0.15) is 8.78 Å². The van der Waals surface area contributed by atoms with Crippen molar-refractivity contribution in [3.05, 3.63) is 35.8 Å². The van der Waals surface area contributed by atoms with E-state index in [2.05, 4.69) is 4.74 Å². The van der Waals surface area contributed by atoms with Crippen molar-refractivity contribution in [2.45, 2.75) is 6.61 Å². The number of nitrogens with one attached hydrogen (secondary N) is 1. The monoisotopic (exact) mass is 275 g/mol. The van der Waals surface area contributed by atoms with Crippen LogP contribution in [0.5, 0.6) is 11.5 Å². The van der Waals surface area contributed by atoms with E-state index in [4.69, 9.17) is 21.4 Å². The topological polar surface area (TPSA) is 120 Å². The van der Waals surface area contributed by atoms with Crippen LogP contribution in [0.15, 0.2) is 35.8 Å². The summed E-state index contributed by atoms with van der Waals surface area (Å²) >= 11 is 0. The van der Waals surface area contributed by atoms with Crippen LogP contribution in [0.4, 0.5) is 8.78 Å². The van der Waals surface area contributed by atoms with Gasteiger partial charge in [-0.25, -0.2) is 10.6 Å². The molecule has 0 atom stereocenters. The van der Waals surface area contributed by atoms with Gasteiger partial charge in [-0.05, 0) is 24.3 Å². The summed E-state index contributed by atoms with van der Waals surface area (Å²) in [7, 11) is 0. The highest BCUT2D eigenvalue weighted by molar-refractivity contribution is 5.85. The SMILES string of the molecule is NN/C(Oc1ccc(OC(F)F)cc1)=C(\N)C(=O)O. The smallest absolute Gasteiger partial charge is 0.387 e. The molecule has 9 heteroatoms. The van der Waals surface area contributed by atoms with Crippen LogP contribution in [0.2, 0.25) is 0 Å². The summed E-state index contributed by atoms with van der Waals surface area (Å²) in [5, 5.41) is 8.64. The van der Waals surface area contributed by atoms with E-state index in [1.54, 1.807) is 0 Å². The second-order valence-corrected chi connectivity index (χ2v) is 3.14. The average molecular weight is 275 g/mol. The molecule has 0 aliphatic rings. The third-order valence-electron chi connectivity index (χ3n) is 1.87. The number of carboxylic acid groups (broad SMARTS) is 1. The Morgan fingerprint density at radius 1 is 1.26 bits per heavy atom. The van der Waals surface area contributed by atoms with Crippen molar-refractivity contribution in [2.24, 2.45) is 11.6 Å². The Labute approximate surface area is 106 Å². The van der Waals surface area contributed by atoms with Crippen molar-refractivity contribution >= 4 is 5.97 Å². The van der Waals surface area contributed by atoms with E-state index in [1.807, 2.05) is 5.43 Å². The highest BCUT2D eigenvalue weighted by atomic mass is 19.3. The molecule has 0 aromatic heterocycles. The molecule has 0 bridgehead atoms. The Balaban J connectivity index is 2.82. The molecule has 0 saturated heterocycles. The van der Waals surface area contributed by atoms with E-state index in [0.29, 0.717) is 0 Å². The number of ether oxygens (including phenoxy) is 2. The van der Waals surface area contributed by atoms with Gasteiger partial charge in [-0.15, -0.1) is 0 Å². The standard InChI is InChI=1S/C10H11F2N3O4/c11-10(12)19-6-3-1-5(2-4-6)18-8(15-14)7(13)9(16)17/h1-4,10,15H,13-14H2,(H,16,17)/b8-7+. The molecule has 0 aliphatic heterocycles. The molecule has 0 aliphatic carbocycles. The van der Waals surface area contributed by atoms with Crippen molar-refractivity contribution in [3.8, 4) is 11.5 Å². The summed E-state index contributed by atoms with van der Waals surface area (Å²) in [4.78, 5) is 10.6. The molecule has 6 N–H and O–H groups in total. The molecular weight excluding hydrogens is 264 g/mol. The quantitative estimate of drug-likeness (QED) is 0.256. The normalized spacial score (nSPS) is 11.8. The lowest BCUT2D eigenvalue weighted by Crippen LogP contribution is -2.31. The number of hydrazine groups is 1. The molecule has 0 saturated carbocycles. The van der Waals surface area contributed by atoms with Crippen molar-refractivity contribution in [1.82, 2.24) is 5.43 Å². The minimum absolute atomic E-state index is 0.0696. The number of halogens is 2. The highest BCUT2D eigenvalue weighted by Crippen LogP contribution is 2.20. The van der Waals surface area contributed by atoms with Crippen LogP contribution < -0.4 is 26.5 Å². The second-order valence-electron chi connectivity index (χ2n) is 3.14. The largest absolute Gasteiger partial charge is 0.476 e. The van der Waals surface area contributed by atoms with E-state index in [9.17, 15) is 13.6 Å². The molecule has 0 spiro atoms. The zero-order valence-electron chi connectivity index (χ0n) is 9.47. The van der Waals surface area contributed by atoms with Gasteiger partial charge in [0.15, 0.2) is 5.70 Å². The summed E-state index contributed by atoms with van der Waals surface area (Å²) in [6.07, 6.45) is 0. The maximum Gasteiger partial charge on any atom is 0.387 e. The zero-order valence-corrected chi connectivity index (χ0v) is 9.47. The van der Waals surface area contributed by atoms with Gasteiger partial charge in [0.05, 0.1) is 0 Å². The van der Waals surface area contributed by atoms with E-state index < -0.39 is 18.3 Å². The molecule has 7 nitrogen and oxygen atoms in total. The first-order valence-corrected chi connectivity index (χ1v) is 4.86. The lowest BCUT2D eigenvalue weighted by atomic mass is 10.3. The number of hydrogen-bond donors (Lipinski definition) is 4.